The molecular formula is C10H11BF4N2O2. The first-order chi connectivity index (χ1) is 8.68. The lowest BCUT2D eigenvalue weighted by Gasteiger charge is -2.10. The average Bonchev–Trinajstić information content (AvgIpc) is 2.25. The average molecular weight is 278 g/mol. The van der Waals surface area contributed by atoms with Crippen molar-refractivity contribution in [2.75, 3.05) is 7.05 Å². The Kier molecular flexibility index (Phi) is 4.63. The van der Waals surface area contributed by atoms with Crippen molar-refractivity contribution in [1.82, 2.24) is 0 Å². The van der Waals surface area contributed by atoms with E-state index in [4.69, 9.17) is 0 Å². The van der Waals surface area contributed by atoms with E-state index in [1.807, 2.05) is 23.9 Å². The van der Waals surface area contributed by atoms with E-state index < -0.39 is 7.25 Å². The molecule has 0 saturated heterocycles. The smallest absolute Gasteiger partial charge is 0.418 e. The van der Waals surface area contributed by atoms with Gasteiger partial charge in [-0.1, -0.05) is 12.1 Å². The molecule has 0 radical (unpaired) electrons. The van der Waals surface area contributed by atoms with E-state index in [9.17, 15) is 27.4 Å². The molecule has 0 aromatic heterocycles. The van der Waals surface area contributed by atoms with Crippen LogP contribution in [-0.2, 0) is 13.0 Å². The predicted molar refractivity (Wildman–Crippen MR) is 62.9 cm³/mol. The van der Waals surface area contributed by atoms with Gasteiger partial charge in [0.15, 0.2) is 6.54 Å². The van der Waals surface area contributed by atoms with Crippen LogP contribution in [0.5, 0.6) is 0 Å². The summed E-state index contributed by atoms with van der Waals surface area (Å²) in [6.45, 7) is 0.761. The highest BCUT2D eigenvalue weighted by atomic mass is 19.5. The molecule has 0 spiro atoms. The third kappa shape index (κ3) is 5.06. The maximum atomic E-state index is 10.7. The van der Waals surface area contributed by atoms with E-state index in [-0.39, 0.29) is 10.6 Å². The standard InChI is InChI=1S/C10H11N2O2.BF4/c1-11-6-5-9-8(7-11)3-2-4-10(9)12(13)14;2-1(3,4)5/h2-4,6H,5,7H2,1H3;/q+1;-1. The number of halogens is 4. The van der Waals surface area contributed by atoms with Crippen LogP contribution in [0.15, 0.2) is 18.2 Å². The van der Waals surface area contributed by atoms with Gasteiger partial charge in [0, 0.05) is 17.2 Å². The molecule has 0 atom stereocenters. The second-order valence-electron chi connectivity index (χ2n) is 3.97. The number of nitro benzene ring substituents is 1. The van der Waals surface area contributed by atoms with Crippen LogP contribution in [0.4, 0.5) is 23.0 Å². The number of hydrogen-bond acceptors (Lipinski definition) is 2. The minimum atomic E-state index is -6.00. The number of benzene rings is 1. The summed E-state index contributed by atoms with van der Waals surface area (Å²) < 4.78 is 41.0. The van der Waals surface area contributed by atoms with Crippen LogP contribution >= 0.6 is 0 Å². The normalized spacial score (nSPS) is 13.8. The summed E-state index contributed by atoms with van der Waals surface area (Å²) in [6.07, 6.45) is 2.64. The molecule has 0 saturated carbocycles. The Morgan fingerprint density at radius 1 is 1.32 bits per heavy atom. The molecule has 4 nitrogen and oxygen atoms in total. The van der Waals surface area contributed by atoms with Crippen molar-refractivity contribution in [3.05, 3.63) is 39.4 Å². The van der Waals surface area contributed by atoms with Gasteiger partial charge in [-0.25, -0.2) is 4.58 Å². The molecule has 1 heterocycles. The highest BCUT2D eigenvalue weighted by molar-refractivity contribution is 6.50. The molecule has 9 heteroatoms. The van der Waals surface area contributed by atoms with Crippen LogP contribution in [0.3, 0.4) is 0 Å². The Labute approximate surface area is 106 Å². The van der Waals surface area contributed by atoms with Gasteiger partial charge < -0.3 is 17.3 Å². The van der Waals surface area contributed by atoms with Gasteiger partial charge in [-0.2, -0.15) is 0 Å². The van der Waals surface area contributed by atoms with E-state index >= 15 is 0 Å². The molecule has 1 aliphatic heterocycles. The molecule has 0 fully saturated rings. The van der Waals surface area contributed by atoms with Crippen molar-refractivity contribution in [1.29, 1.82) is 0 Å². The van der Waals surface area contributed by atoms with Crippen LogP contribution in [0.2, 0.25) is 0 Å². The molecule has 104 valence electrons. The van der Waals surface area contributed by atoms with Gasteiger partial charge in [0.2, 0.25) is 0 Å². The fourth-order valence-corrected chi connectivity index (χ4v) is 1.76. The maximum Gasteiger partial charge on any atom is 0.673 e. The molecule has 1 aromatic rings. The number of nitro groups is 1. The summed E-state index contributed by atoms with van der Waals surface area (Å²) in [5.74, 6) is 0. The fourth-order valence-electron chi connectivity index (χ4n) is 1.76. The van der Waals surface area contributed by atoms with Crippen molar-refractivity contribution in [2.24, 2.45) is 0 Å². The third-order valence-electron chi connectivity index (χ3n) is 2.47. The molecule has 1 aliphatic rings. The molecule has 19 heavy (non-hydrogen) atoms. The maximum absolute atomic E-state index is 10.7. The van der Waals surface area contributed by atoms with Gasteiger partial charge in [-0.15, -0.1) is 0 Å². The van der Waals surface area contributed by atoms with Crippen molar-refractivity contribution < 1.29 is 26.8 Å². The zero-order valence-electron chi connectivity index (χ0n) is 10.0. The Morgan fingerprint density at radius 2 is 1.89 bits per heavy atom. The van der Waals surface area contributed by atoms with Crippen LogP contribution in [-0.4, -0.2) is 30.0 Å². The van der Waals surface area contributed by atoms with Crippen molar-refractivity contribution in [3.63, 3.8) is 0 Å². The lowest BCUT2D eigenvalue weighted by atomic mass is 10.0. The number of nitrogens with zero attached hydrogens (tertiary/aromatic N) is 2. The lowest BCUT2D eigenvalue weighted by Crippen LogP contribution is -2.17. The summed E-state index contributed by atoms with van der Waals surface area (Å²) in [6, 6.07) is 5.26. The van der Waals surface area contributed by atoms with Gasteiger partial charge in [-0.05, 0) is 0 Å². The molecule has 1 aromatic carbocycles. The van der Waals surface area contributed by atoms with Crippen molar-refractivity contribution >= 4 is 19.2 Å². The molecule has 0 aliphatic carbocycles. The van der Waals surface area contributed by atoms with Crippen LogP contribution in [0.25, 0.3) is 0 Å². The van der Waals surface area contributed by atoms with E-state index in [1.54, 1.807) is 12.1 Å². The SMILES string of the molecule is C[N+]1=CCc2c(cccc2[N+](=O)[O-])C1.F[B-](F)(F)F. The Morgan fingerprint density at radius 3 is 2.42 bits per heavy atom. The zero-order valence-corrected chi connectivity index (χ0v) is 10.0. The second-order valence-corrected chi connectivity index (χ2v) is 3.97. The zero-order chi connectivity index (χ0) is 14.6. The van der Waals surface area contributed by atoms with Gasteiger partial charge in [-0.3, -0.25) is 10.1 Å². The largest absolute Gasteiger partial charge is 0.673 e. The minimum Gasteiger partial charge on any atom is -0.418 e. The molecule has 0 N–H and O–H groups in total. The Bertz CT molecular complexity index is 511. The predicted octanol–water partition coefficient (Wildman–Crippen LogP) is 2.66. The molecule has 0 unspecified atom stereocenters. The summed E-state index contributed by atoms with van der Waals surface area (Å²) in [5, 5.41) is 10.7. The van der Waals surface area contributed by atoms with Crippen molar-refractivity contribution in [2.45, 2.75) is 13.0 Å². The van der Waals surface area contributed by atoms with Gasteiger partial charge in [0.05, 0.1) is 11.3 Å². The number of rotatable bonds is 1. The monoisotopic (exact) mass is 278 g/mol. The highest BCUT2D eigenvalue weighted by Gasteiger charge is 2.22. The Hall–Kier alpha value is -1.93. The summed E-state index contributed by atoms with van der Waals surface area (Å²) in [5.41, 5.74) is 2.16. The topological polar surface area (TPSA) is 46.1 Å². The van der Waals surface area contributed by atoms with E-state index in [0.29, 0.717) is 6.42 Å². The molecule has 2 rings (SSSR count). The van der Waals surface area contributed by atoms with Crippen molar-refractivity contribution in [3.8, 4) is 0 Å². The first kappa shape index (κ1) is 15.1. The van der Waals surface area contributed by atoms with Crippen LogP contribution in [0, 0.1) is 10.1 Å². The van der Waals surface area contributed by atoms with Gasteiger partial charge in [0.25, 0.3) is 5.69 Å². The van der Waals surface area contributed by atoms with E-state index in [2.05, 4.69) is 0 Å². The van der Waals surface area contributed by atoms with Gasteiger partial charge >= 0.3 is 7.25 Å². The first-order valence-electron chi connectivity index (χ1n) is 5.34. The molecular weight excluding hydrogens is 267 g/mol. The summed E-state index contributed by atoms with van der Waals surface area (Å²) in [7, 11) is -4.03. The summed E-state index contributed by atoms with van der Waals surface area (Å²) in [4.78, 5) is 10.4. The fraction of sp³-hybridized carbons (Fsp3) is 0.300. The number of hydrogen-bond donors (Lipinski definition) is 0. The van der Waals surface area contributed by atoms with E-state index in [0.717, 1.165) is 17.7 Å². The highest BCUT2D eigenvalue weighted by Crippen LogP contribution is 2.24. The first-order valence-corrected chi connectivity index (χ1v) is 5.34. The third-order valence-corrected chi connectivity index (χ3v) is 2.47. The number of fused-ring (bicyclic) bond motifs is 1. The van der Waals surface area contributed by atoms with Crippen LogP contribution in [0.1, 0.15) is 11.1 Å². The Balaban J connectivity index is 0.000000312. The second kappa shape index (κ2) is 5.81. The lowest BCUT2D eigenvalue weighted by molar-refractivity contribution is -0.512. The minimum absolute atomic E-state index is 0.242. The van der Waals surface area contributed by atoms with Gasteiger partial charge in [0.1, 0.15) is 13.3 Å². The molecule has 0 bridgehead atoms. The van der Waals surface area contributed by atoms with Crippen LogP contribution < -0.4 is 0 Å². The van der Waals surface area contributed by atoms with E-state index in [1.165, 1.54) is 0 Å². The summed E-state index contributed by atoms with van der Waals surface area (Å²) >= 11 is 0. The molecule has 0 amide bonds. The quantitative estimate of drug-likeness (QED) is 0.260.